The van der Waals surface area contributed by atoms with E-state index >= 15 is 0 Å². The van der Waals surface area contributed by atoms with Gasteiger partial charge < -0.3 is 5.32 Å². The van der Waals surface area contributed by atoms with E-state index in [9.17, 15) is 4.39 Å². The summed E-state index contributed by atoms with van der Waals surface area (Å²) >= 11 is 0. The Bertz CT molecular complexity index is 377. The molecular weight excluding hydrogens is 239 g/mol. The van der Waals surface area contributed by atoms with E-state index in [2.05, 4.69) is 24.3 Å². The summed E-state index contributed by atoms with van der Waals surface area (Å²) in [5, 5.41) is 3.47. The zero-order valence-corrected chi connectivity index (χ0v) is 12.0. The van der Waals surface area contributed by atoms with Gasteiger partial charge in [0.15, 0.2) is 0 Å². The number of likely N-dealkylation sites (N-methyl/N-ethyl adjacent to an activating group) is 2. The molecule has 0 bridgehead atoms. The van der Waals surface area contributed by atoms with Gasteiger partial charge in [0.1, 0.15) is 5.82 Å². The van der Waals surface area contributed by atoms with E-state index in [1.54, 1.807) is 12.1 Å². The molecule has 106 valence electrons. The Morgan fingerprint density at radius 2 is 1.84 bits per heavy atom. The number of nitrogens with one attached hydrogen (secondary N) is 1. The maximum absolute atomic E-state index is 12.9. The van der Waals surface area contributed by atoms with E-state index in [1.165, 1.54) is 37.7 Å². The number of rotatable bonds is 4. The normalized spacial score (nSPS) is 24.4. The first-order chi connectivity index (χ1) is 9.20. The van der Waals surface area contributed by atoms with Crippen molar-refractivity contribution in [3.05, 3.63) is 35.6 Å². The topological polar surface area (TPSA) is 15.3 Å². The molecule has 1 fully saturated rings. The Morgan fingerprint density at radius 3 is 2.53 bits per heavy atom. The first kappa shape index (κ1) is 14.5. The monoisotopic (exact) mass is 264 g/mol. The van der Waals surface area contributed by atoms with Crippen molar-refractivity contribution in [2.75, 3.05) is 14.1 Å². The van der Waals surface area contributed by atoms with Crippen LogP contribution in [0, 0.1) is 5.82 Å². The van der Waals surface area contributed by atoms with Crippen LogP contribution in [0.1, 0.15) is 37.7 Å². The van der Waals surface area contributed by atoms with Gasteiger partial charge in [-0.05, 0) is 44.6 Å². The summed E-state index contributed by atoms with van der Waals surface area (Å²) in [7, 11) is 4.25. The molecule has 2 atom stereocenters. The minimum absolute atomic E-state index is 0.158. The van der Waals surface area contributed by atoms with Gasteiger partial charge in [-0.2, -0.15) is 0 Å². The van der Waals surface area contributed by atoms with Crippen molar-refractivity contribution in [3.8, 4) is 0 Å². The molecule has 2 rings (SSSR count). The Kier molecular flexibility index (Phi) is 5.34. The number of hydrogen-bond donors (Lipinski definition) is 1. The van der Waals surface area contributed by atoms with Crippen LogP contribution in [-0.2, 0) is 6.54 Å². The lowest BCUT2D eigenvalue weighted by Crippen LogP contribution is -2.46. The number of benzene rings is 1. The SMILES string of the molecule is CNC1CCCCCC1N(C)Cc1ccc(F)cc1. The number of nitrogens with zero attached hydrogens (tertiary/aromatic N) is 1. The third-order valence-corrected chi connectivity index (χ3v) is 4.26. The highest BCUT2D eigenvalue weighted by atomic mass is 19.1. The molecule has 19 heavy (non-hydrogen) atoms. The molecule has 2 unspecified atom stereocenters. The minimum Gasteiger partial charge on any atom is -0.315 e. The van der Waals surface area contributed by atoms with Crippen LogP contribution in [0.3, 0.4) is 0 Å². The molecule has 1 aliphatic carbocycles. The molecule has 0 heterocycles. The average molecular weight is 264 g/mol. The van der Waals surface area contributed by atoms with Gasteiger partial charge in [-0.1, -0.05) is 31.4 Å². The van der Waals surface area contributed by atoms with Gasteiger partial charge in [0, 0.05) is 18.6 Å². The molecule has 1 aromatic carbocycles. The van der Waals surface area contributed by atoms with Gasteiger partial charge in [0.05, 0.1) is 0 Å². The van der Waals surface area contributed by atoms with Gasteiger partial charge in [-0.3, -0.25) is 4.90 Å². The maximum atomic E-state index is 12.9. The van der Waals surface area contributed by atoms with Crippen molar-refractivity contribution in [2.45, 2.75) is 50.7 Å². The lowest BCUT2D eigenvalue weighted by atomic mass is 10.0. The standard InChI is InChI=1S/C16H25FN2/c1-18-15-6-4-3-5-7-16(15)19(2)12-13-8-10-14(17)11-9-13/h8-11,15-16,18H,3-7,12H2,1-2H3. The first-order valence-corrected chi connectivity index (χ1v) is 7.32. The summed E-state index contributed by atoms with van der Waals surface area (Å²) in [6, 6.07) is 8.02. The Hall–Kier alpha value is -0.930. The van der Waals surface area contributed by atoms with Crippen LogP contribution in [0.15, 0.2) is 24.3 Å². The zero-order valence-electron chi connectivity index (χ0n) is 12.0. The van der Waals surface area contributed by atoms with Crippen LogP contribution < -0.4 is 5.32 Å². The van der Waals surface area contributed by atoms with Gasteiger partial charge in [-0.25, -0.2) is 4.39 Å². The molecule has 2 nitrogen and oxygen atoms in total. The highest BCUT2D eigenvalue weighted by Gasteiger charge is 2.25. The van der Waals surface area contributed by atoms with Crippen molar-refractivity contribution in [2.24, 2.45) is 0 Å². The summed E-state index contributed by atoms with van der Waals surface area (Å²) in [5.41, 5.74) is 1.18. The van der Waals surface area contributed by atoms with E-state index in [-0.39, 0.29) is 5.82 Å². The molecule has 1 N–H and O–H groups in total. The van der Waals surface area contributed by atoms with Gasteiger partial charge in [-0.15, -0.1) is 0 Å². The fourth-order valence-electron chi connectivity index (χ4n) is 3.15. The lowest BCUT2D eigenvalue weighted by molar-refractivity contribution is 0.179. The minimum atomic E-state index is -0.158. The van der Waals surface area contributed by atoms with Gasteiger partial charge in [0.2, 0.25) is 0 Å². The predicted molar refractivity (Wildman–Crippen MR) is 77.6 cm³/mol. The van der Waals surface area contributed by atoms with Crippen molar-refractivity contribution in [1.29, 1.82) is 0 Å². The first-order valence-electron chi connectivity index (χ1n) is 7.32. The van der Waals surface area contributed by atoms with Gasteiger partial charge in [0.25, 0.3) is 0 Å². The van der Waals surface area contributed by atoms with Crippen LogP contribution in [0.5, 0.6) is 0 Å². The molecule has 0 spiro atoms. The van der Waals surface area contributed by atoms with E-state index in [1.807, 2.05) is 12.1 Å². The Labute approximate surface area is 116 Å². The summed E-state index contributed by atoms with van der Waals surface area (Å²) in [6.45, 7) is 0.892. The summed E-state index contributed by atoms with van der Waals surface area (Å²) in [6.07, 6.45) is 6.50. The Morgan fingerprint density at radius 1 is 1.16 bits per heavy atom. The Balaban J connectivity index is 2.00. The van der Waals surface area contributed by atoms with Crippen LogP contribution in [-0.4, -0.2) is 31.1 Å². The molecule has 0 aliphatic heterocycles. The van der Waals surface area contributed by atoms with Gasteiger partial charge >= 0.3 is 0 Å². The molecule has 0 radical (unpaired) electrons. The molecule has 1 aromatic rings. The van der Waals surface area contributed by atoms with Crippen molar-refractivity contribution < 1.29 is 4.39 Å². The van der Waals surface area contributed by atoms with Crippen LogP contribution in [0.25, 0.3) is 0 Å². The fourth-order valence-corrected chi connectivity index (χ4v) is 3.15. The fraction of sp³-hybridized carbons (Fsp3) is 0.625. The molecular formula is C16H25FN2. The van der Waals surface area contributed by atoms with E-state index in [0.717, 1.165) is 6.54 Å². The average Bonchev–Trinajstić information content (AvgIpc) is 2.66. The zero-order chi connectivity index (χ0) is 13.7. The lowest BCUT2D eigenvalue weighted by Gasteiger charge is -2.33. The molecule has 0 amide bonds. The molecule has 1 saturated carbocycles. The second-order valence-corrected chi connectivity index (χ2v) is 5.64. The van der Waals surface area contributed by atoms with E-state index < -0.39 is 0 Å². The quantitative estimate of drug-likeness (QED) is 0.840. The summed E-state index contributed by atoms with van der Waals surface area (Å²) in [4.78, 5) is 2.42. The molecule has 1 aliphatic rings. The van der Waals surface area contributed by atoms with Crippen molar-refractivity contribution in [3.63, 3.8) is 0 Å². The molecule has 0 aromatic heterocycles. The number of halogens is 1. The second-order valence-electron chi connectivity index (χ2n) is 5.64. The summed E-state index contributed by atoms with van der Waals surface area (Å²) in [5.74, 6) is -0.158. The van der Waals surface area contributed by atoms with E-state index in [4.69, 9.17) is 0 Å². The predicted octanol–water partition coefficient (Wildman–Crippen LogP) is 3.18. The van der Waals surface area contributed by atoms with Crippen molar-refractivity contribution >= 4 is 0 Å². The second kappa shape index (κ2) is 7.01. The number of hydrogen-bond acceptors (Lipinski definition) is 2. The molecule has 0 saturated heterocycles. The molecule has 3 heteroatoms. The maximum Gasteiger partial charge on any atom is 0.123 e. The highest BCUT2D eigenvalue weighted by Crippen LogP contribution is 2.22. The summed E-state index contributed by atoms with van der Waals surface area (Å²) < 4.78 is 12.9. The van der Waals surface area contributed by atoms with Crippen molar-refractivity contribution in [1.82, 2.24) is 10.2 Å². The third-order valence-electron chi connectivity index (χ3n) is 4.26. The third kappa shape index (κ3) is 4.02. The van der Waals surface area contributed by atoms with E-state index in [0.29, 0.717) is 12.1 Å². The highest BCUT2D eigenvalue weighted by molar-refractivity contribution is 5.16. The van der Waals surface area contributed by atoms with Crippen LogP contribution in [0.4, 0.5) is 4.39 Å². The smallest absolute Gasteiger partial charge is 0.123 e. The largest absolute Gasteiger partial charge is 0.315 e. The van der Waals surface area contributed by atoms with Crippen LogP contribution >= 0.6 is 0 Å². The van der Waals surface area contributed by atoms with Crippen LogP contribution in [0.2, 0.25) is 0 Å².